The van der Waals surface area contributed by atoms with Gasteiger partial charge in [-0.3, -0.25) is 0 Å². The highest BCUT2D eigenvalue weighted by molar-refractivity contribution is 15.0. The summed E-state index contributed by atoms with van der Waals surface area (Å²) >= 11 is 4.24. The van der Waals surface area contributed by atoms with Crippen molar-refractivity contribution < 1.29 is 9.47 Å². The summed E-state index contributed by atoms with van der Waals surface area (Å²) in [6, 6.07) is 16.4. The molecule has 0 amide bonds. The Balaban J connectivity index is 0.000000485. The Morgan fingerprint density at radius 3 is 2.14 bits per heavy atom. The van der Waals surface area contributed by atoms with Gasteiger partial charge in [-0.05, 0) is 49.6 Å². The van der Waals surface area contributed by atoms with E-state index in [2.05, 4.69) is 79.2 Å². The van der Waals surface area contributed by atoms with E-state index in [1.807, 2.05) is 68.9 Å². The molecular formula is C29H38I2N4O2. The van der Waals surface area contributed by atoms with Crippen LogP contribution in [0.1, 0.15) is 61.0 Å². The molecule has 2 aromatic heterocycles. The van der Waals surface area contributed by atoms with Gasteiger partial charge in [0.1, 0.15) is 11.6 Å². The van der Waals surface area contributed by atoms with E-state index in [9.17, 15) is 0 Å². The Kier molecular flexibility index (Phi) is 15.4. The van der Waals surface area contributed by atoms with Crippen molar-refractivity contribution in [2.75, 3.05) is 6.79 Å². The van der Waals surface area contributed by atoms with E-state index in [1.54, 1.807) is 6.20 Å². The van der Waals surface area contributed by atoms with Crippen molar-refractivity contribution in [1.29, 1.82) is 0 Å². The Labute approximate surface area is 245 Å². The lowest BCUT2D eigenvalue weighted by atomic mass is 10.0. The Morgan fingerprint density at radius 1 is 0.865 bits per heavy atom. The first-order chi connectivity index (χ1) is 17.5. The highest BCUT2D eigenvalue weighted by Gasteiger charge is 2.15. The summed E-state index contributed by atoms with van der Waals surface area (Å²) < 4.78 is 12.8. The molecule has 37 heavy (non-hydrogen) atoms. The maximum Gasteiger partial charge on any atom is 0.231 e. The smallest absolute Gasteiger partial charge is 0.231 e. The molecule has 0 saturated heterocycles. The number of ether oxygens (including phenoxy) is 2. The zero-order chi connectivity index (χ0) is 26.5. The van der Waals surface area contributed by atoms with Crippen molar-refractivity contribution in [2.24, 2.45) is 7.05 Å². The van der Waals surface area contributed by atoms with Crippen LogP contribution in [0.15, 0.2) is 60.9 Å². The number of rotatable bonds is 4. The zero-order valence-electron chi connectivity index (χ0n) is 21.8. The fourth-order valence-electron chi connectivity index (χ4n) is 3.46. The van der Waals surface area contributed by atoms with Crippen LogP contribution >= 0.6 is 37.2 Å². The van der Waals surface area contributed by atoms with Crippen LogP contribution in [0, 0.1) is 20.8 Å². The van der Waals surface area contributed by atoms with Crippen molar-refractivity contribution in [2.45, 2.75) is 54.9 Å². The molecule has 0 saturated carbocycles. The summed E-state index contributed by atoms with van der Waals surface area (Å²) in [4.78, 5) is 13.5. The molecule has 0 fully saturated rings. The van der Waals surface area contributed by atoms with E-state index in [0.29, 0.717) is 6.79 Å². The number of aryl methyl sites for hydroxylation is 3. The molecule has 0 spiro atoms. The molecule has 2 aromatic carbocycles. The molecule has 200 valence electrons. The van der Waals surface area contributed by atoms with E-state index in [-0.39, 0.29) is 7.43 Å². The number of aromatic nitrogens is 4. The molecule has 1 aliphatic rings. The van der Waals surface area contributed by atoms with Crippen molar-refractivity contribution >= 4 is 37.2 Å². The third kappa shape index (κ3) is 9.88. The van der Waals surface area contributed by atoms with Gasteiger partial charge >= 0.3 is 0 Å². The molecule has 0 radical (unpaired) electrons. The number of nitrogens with zero attached hydrogens (tertiary/aromatic N) is 4. The van der Waals surface area contributed by atoms with Gasteiger partial charge in [-0.1, -0.05) is 57.7 Å². The highest BCUT2D eigenvalue weighted by atomic mass is 128. The summed E-state index contributed by atoms with van der Waals surface area (Å²) in [5, 5.41) is 0. The van der Waals surface area contributed by atoms with Crippen LogP contribution in [-0.2, 0) is 19.9 Å². The second-order valence-electron chi connectivity index (χ2n) is 7.91. The van der Waals surface area contributed by atoms with Crippen molar-refractivity contribution in [3.05, 3.63) is 101 Å². The third-order valence-corrected chi connectivity index (χ3v) is 5.61. The minimum atomic E-state index is 0. The van der Waals surface area contributed by atoms with E-state index >= 15 is 0 Å². The van der Waals surface area contributed by atoms with Gasteiger partial charge in [-0.2, -0.15) is 0 Å². The molecule has 3 heterocycles. The van der Waals surface area contributed by atoms with Gasteiger partial charge in [0, 0.05) is 75.2 Å². The van der Waals surface area contributed by atoms with E-state index < -0.39 is 0 Å². The zero-order valence-corrected chi connectivity index (χ0v) is 26.1. The standard InChI is InChI=1S/C21H20N2O2.C5H8N2.C2H6.CH4.I2/c1-14-15(2)22-21(12-16-6-4-3-5-7-16)23-18(14)10-17-8-9-19-20(11-17)25-13-24-19;1-5-6-3-4-7(5)2;1-2;;1-2/h3-9,11H,10,12-13H2,1-2H3;3-4H,1-2H3;1-2H3;1H4;. The van der Waals surface area contributed by atoms with Crippen molar-refractivity contribution in [1.82, 2.24) is 19.5 Å². The second kappa shape index (κ2) is 17.3. The average Bonchev–Trinajstić information content (AvgIpc) is 3.53. The number of hydrogen-bond donors (Lipinski definition) is 0. The number of imidazole rings is 1. The lowest BCUT2D eigenvalue weighted by Gasteiger charge is -2.11. The molecule has 0 N–H and O–H groups in total. The van der Waals surface area contributed by atoms with Crippen LogP contribution in [0.5, 0.6) is 11.5 Å². The van der Waals surface area contributed by atoms with Gasteiger partial charge in [-0.15, -0.1) is 0 Å². The minimum Gasteiger partial charge on any atom is -0.454 e. The maximum absolute atomic E-state index is 5.48. The predicted octanol–water partition coefficient (Wildman–Crippen LogP) is 8.17. The van der Waals surface area contributed by atoms with Gasteiger partial charge in [0.2, 0.25) is 6.79 Å². The molecule has 0 unspecified atom stereocenters. The fourth-order valence-corrected chi connectivity index (χ4v) is 3.46. The molecule has 0 atom stereocenters. The Morgan fingerprint density at radius 2 is 1.54 bits per heavy atom. The normalized spacial score (nSPS) is 10.5. The van der Waals surface area contributed by atoms with E-state index in [4.69, 9.17) is 14.5 Å². The van der Waals surface area contributed by atoms with Gasteiger partial charge in [0.05, 0.1) is 5.69 Å². The minimum absolute atomic E-state index is 0. The molecular weight excluding hydrogens is 690 g/mol. The molecule has 6 nitrogen and oxygen atoms in total. The molecule has 5 rings (SSSR count). The first-order valence-electron chi connectivity index (χ1n) is 11.8. The topological polar surface area (TPSA) is 62.1 Å². The lowest BCUT2D eigenvalue weighted by molar-refractivity contribution is 0.174. The fraction of sp³-hybridized carbons (Fsp3) is 0.345. The second-order valence-corrected chi connectivity index (χ2v) is 7.91. The third-order valence-electron chi connectivity index (χ3n) is 5.61. The summed E-state index contributed by atoms with van der Waals surface area (Å²) in [5.74, 6) is 3.54. The number of hydrogen-bond acceptors (Lipinski definition) is 5. The quantitative estimate of drug-likeness (QED) is 0.199. The van der Waals surface area contributed by atoms with Crippen LogP contribution in [0.4, 0.5) is 0 Å². The van der Waals surface area contributed by atoms with Gasteiger partial charge < -0.3 is 14.0 Å². The first-order valence-corrected chi connectivity index (χ1v) is 18.1. The van der Waals surface area contributed by atoms with Crippen molar-refractivity contribution in [3.8, 4) is 11.5 Å². The maximum atomic E-state index is 5.48. The molecule has 1 aliphatic heterocycles. The number of fused-ring (bicyclic) bond motifs is 1. The monoisotopic (exact) mass is 728 g/mol. The summed E-state index contributed by atoms with van der Waals surface area (Å²) in [6.45, 7) is 10.4. The first kappa shape index (κ1) is 32.8. The lowest BCUT2D eigenvalue weighted by Crippen LogP contribution is -2.07. The molecule has 0 aliphatic carbocycles. The molecule has 0 bridgehead atoms. The van der Waals surface area contributed by atoms with Gasteiger partial charge in [0.15, 0.2) is 11.5 Å². The summed E-state index contributed by atoms with van der Waals surface area (Å²) in [7, 11) is 1.97. The van der Waals surface area contributed by atoms with Crippen LogP contribution in [-0.4, -0.2) is 26.3 Å². The van der Waals surface area contributed by atoms with Crippen LogP contribution < -0.4 is 9.47 Å². The van der Waals surface area contributed by atoms with Gasteiger partial charge in [0.25, 0.3) is 0 Å². The number of benzene rings is 2. The summed E-state index contributed by atoms with van der Waals surface area (Å²) in [5.41, 5.74) is 5.64. The van der Waals surface area contributed by atoms with Crippen molar-refractivity contribution in [3.63, 3.8) is 0 Å². The predicted molar refractivity (Wildman–Crippen MR) is 170 cm³/mol. The highest BCUT2D eigenvalue weighted by Crippen LogP contribution is 2.33. The van der Waals surface area contributed by atoms with Crippen LogP contribution in [0.3, 0.4) is 0 Å². The van der Waals surface area contributed by atoms with E-state index in [0.717, 1.165) is 58.5 Å². The molecule has 8 heteroatoms. The Bertz CT molecular complexity index is 1200. The van der Waals surface area contributed by atoms with E-state index in [1.165, 1.54) is 5.56 Å². The van der Waals surface area contributed by atoms with Crippen LogP contribution in [0.25, 0.3) is 0 Å². The molecule has 4 aromatic rings. The SMILES string of the molecule is C.CC.Cc1nc(Cc2ccccc2)nc(Cc2ccc3c(c2)OCO3)c1C.Cc1nccn1C.II. The largest absolute Gasteiger partial charge is 0.454 e. The average molecular weight is 728 g/mol. The van der Waals surface area contributed by atoms with Gasteiger partial charge in [-0.25, -0.2) is 15.0 Å². The Hall–Kier alpha value is -2.21. The summed E-state index contributed by atoms with van der Waals surface area (Å²) in [6.07, 6.45) is 5.22. The van der Waals surface area contributed by atoms with Crippen LogP contribution in [0.2, 0.25) is 0 Å². The number of halogens is 2.